The Bertz CT molecular complexity index is 561. The number of hydrogen-bond donors (Lipinski definition) is 2. The highest BCUT2D eigenvalue weighted by atomic mass is 16.5. The van der Waals surface area contributed by atoms with Crippen molar-refractivity contribution in [2.24, 2.45) is 0 Å². The van der Waals surface area contributed by atoms with Crippen LogP contribution in [0.3, 0.4) is 0 Å². The number of rotatable bonds is 5. The molecule has 0 bridgehead atoms. The molecule has 106 valence electrons. The van der Waals surface area contributed by atoms with E-state index in [4.69, 9.17) is 9.47 Å². The van der Waals surface area contributed by atoms with Gasteiger partial charge in [0.1, 0.15) is 23.9 Å². The Hall–Kier alpha value is -2.20. The Kier molecular flexibility index (Phi) is 4.48. The highest BCUT2D eigenvalue weighted by Crippen LogP contribution is 2.30. The smallest absolute Gasteiger partial charge is 0.129 e. The van der Waals surface area contributed by atoms with Crippen LogP contribution >= 0.6 is 0 Å². The Morgan fingerprint density at radius 1 is 1.10 bits per heavy atom. The molecular formula is C16H18O4. The Morgan fingerprint density at radius 3 is 2.40 bits per heavy atom. The molecule has 0 aliphatic carbocycles. The van der Waals surface area contributed by atoms with Crippen molar-refractivity contribution in [1.82, 2.24) is 0 Å². The summed E-state index contributed by atoms with van der Waals surface area (Å²) in [5.74, 6) is 1.49. The molecule has 0 amide bonds. The van der Waals surface area contributed by atoms with Crippen LogP contribution in [-0.2, 0) is 6.61 Å². The predicted molar refractivity (Wildman–Crippen MR) is 76.1 cm³/mol. The number of methoxy groups -OCH3 is 1. The van der Waals surface area contributed by atoms with Crippen LogP contribution in [-0.4, -0.2) is 17.3 Å². The summed E-state index contributed by atoms with van der Waals surface area (Å²) < 4.78 is 10.9. The second-order valence-corrected chi connectivity index (χ2v) is 4.53. The van der Waals surface area contributed by atoms with Gasteiger partial charge in [-0.05, 0) is 36.8 Å². The highest BCUT2D eigenvalue weighted by Gasteiger charge is 2.10. The minimum Gasteiger partial charge on any atom is -0.508 e. The van der Waals surface area contributed by atoms with Gasteiger partial charge in [-0.25, -0.2) is 0 Å². The van der Waals surface area contributed by atoms with Gasteiger partial charge in [0.05, 0.1) is 13.2 Å². The second-order valence-electron chi connectivity index (χ2n) is 4.53. The largest absolute Gasteiger partial charge is 0.508 e. The first kappa shape index (κ1) is 14.2. The molecular weight excluding hydrogens is 256 g/mol. The summed E-state index contributed by atoms with van der Waals surface area (Å²) in [6.07, 6.45) is -0.615. The van der Waals surface area contributed by atoms with E-state index >= 15 is 0 Å². The van der Waals surface area contributed by atoms with E-state index in [0.29, 0.717) is 23.7 Å². The van der Waals surface area contributed by atoms with Crippen LogP contribution in [0, 0.1) is 0 Å². The number of aromatic hydroxyl groups is 1. The summed E-state index contributed by atoms with van der Waals surface area (Å²) in [6, 6.07) is 12.1. The molecule has 0 aliphatic rings. The minimum atomic E-state index is -0.615. The summed E-state index contributed by atoms with van der Waals surface area (Å²) in [4.78, 5) is 0. The molecule has 2 rings (SSSR count). The topological polar surface area (TPSA) is 58.9 Å². The molecule has 1 atom stereocenters. The fourth-order valence-corrected chi connectivity index (χ4v) is 1.87. The van der Waals surface area contributed by atoms with Gasteiger partial charge in [0.2, 0.25) is 0 Å². The van der Waals surface area contributed by atoms with Crippen LogP contribution in [0.15, 0.2) is 42.5 Å². The molecule has 0 saturated heterocycles. The quantitative estimate of drug-likeness (QED) is 0.880. The van der Waals surface area contributed by atoms with Crippen LogP contribution in [0.5, 0.6) is 17.2 Å². The van der Waals surface area contributed by atoms with E-state index in [1.54, 1.807) is 56.5 Å². The summed E-state index contributed by atoms with van der Waals surface area (Å²) in [7, 11) is 1.58. The monoisotopic (exact) mass is 274 g/mol. The number of aliphatic hydroxyl groups is 1. The molecule has 4 heteroatoms. The van der Waals surface area contributed by atoms with E-state index < -0.39 is 6.10 Å². The first-order chi connectivity index (χ1) is 9.60. The standard InChI is InChI=1S/C16H18O4/c1-11(17)15-8-7-14(19-2)9-16(15)20-10-12-3-5-13(18)6-4-12/h3-9,11,17-18H,10H2,1-2H3. The minimum absolute atomic E-state index is 0.222. The molecule has 0 radical (unpaired) electrons. The molecule has 2 N–H and O–H groups in total. The van der Waals surface area contributed by atoms with Gasteiger partial charge in [0.25, 0.3) is 0 Å². The zero-order chi connectivity index (χ0) is 14.5. The lowest BCUT2D eigenvalue weighted by atomic mass is 10.1. The lowest BCUT2D eigenvalue weighted by Gasteiger charge is -2.14. The molecule has 20 heavy (non-hydrogen) atoms. The van der Waals surface area contributed by atoms with Gasteiger partial charge >= 0.3 is 0 Å². The van der Waals surface area contributed by atoms with Gasteiger partial charge in [-0.1, -0.05) is 12.1 Å². The number of aliphatic hydroxyl groups excluding tert-OH is 1. The van der Waals surface area contributed by atoms with Gasteiger partial charge in [-0.3, -0.25) is 0 Å². The van der Waals surface area contributed by atoms with Gasteiger partial charge in [0, 0.05) is 11.6 Å². The summed E-state index contributed by atoms with van der Waals surface area (Å²) in [5, 5.41) is 19.0. The third-order valence-corrected chi connectivity index (χ3v) is 3.00. The lowest BCUT2D eigenvalue weighted by Crippen LogP contribution is -2.01. The zero-order valence-electron chi connectivity index (χ0n) is 11.5. The van der Waals surface area contributed by atoms with Crippen LogP contribution in [0.4, 0.5) is 0 Å². The second kappa shape index (κ2) is 6.30. The van der Waals surface area contributed by atoms with Crippen molar-refractivity contribution in [3.05, 3.63) is 53.6 Å². The first-order valence-corrected chi connectivity index (χ1v) is 6.37. The van der Waals surface area contributed by atoms with E-state index in [0.717, 1.165) is 5.56 Å². The molecule has 0 aliphatic heterocycles. The van der Waals surface area contributed by atoms with Crippen molar-refractivity contribution >= 4 is 0 Å². The molecule has 4 nitrogen and oxygen atoms in total. The normalized spacial score (nSPS) is 11.9. The molecule has 0 aromatic heterocycles. The third-order valence-electron chi connectivity index (χ3n) is 3.00. The predicted octanol–water partition coefficient (Wildman–Crippen LogP) is 3.03. The van der Waals surface area contributed by atoms with Crippen LogP contribution < -0.4 is 9.47 Å². The average Bonchev–Trinajstić information content (AvgIpc) is 2.46. The molecule has 1 unspecified atom stereocenters. The number of hydrogen-bond acceptors (Lipinski definition) is 4. The summed E-state index contributed by atoms with van der Waals surface area (Å²) >= 11 is 0. The average molecular weight is 274 g/mol. The summed E-state index contributed by atoms with van der Waals surface area (Å²) in [6.45, 7) is 2.04. The van der Waals surface area contributed by atoms with E-state index in [1.165, 1.54) is 0 Å². The van der Waals surface area contributed by atoms with Gasteiger partial charge in [-0.2, -0.15) is 0 Å². The summed E-state index contributed by atoms with van der Waals surface area (Å²) in [5.41, 5.74) is 1.65. The van der Waals surface area contributed by atoms with Crippen molar-refractivity contribution < 1.29 is 19.7 Å². The van der Waals surface area contributed by atoms with E-state index in [-0.39, 0.29) is 5.75 Å². The van der Waals surface area contributed by atoms with Crippen molar-refractivity contribution in [3.8, 4) is 17.2 Å². The fraction of sp³-hybridized carbons (Fsp3) is 0.250. The Balaban J connectivity index is 2.16. The molecule has 2 aromatic rings. The van der Waals surface area contributed by atoms with Crippen molar-refractivity contribution in [2.75, 3.05) is 7.11 Å². The van der Waals surface area contributed by atoms with Crippen LogP contribution in [0.2, 0.25) is 0 Å². The molecule has 0 fully saturated rings. The maximum Gasteiger partial charge on any atom is 0.129 e. The van der Waals surface area contributed by atoms with E-state index in [9.17, 15) is 10.2 Å². The van der Waals surface area contributed by atoms with Gasteiger partial charge in [0.15, 0.2) is 0 Å². The zero-order valence-corrected chi connectivity index (χ0v) is 11.5. The van der Waals surface area contributed by atoms with E-state index in [2.05, 4.69) is 0 Å². The SMILES string of the molecule is COc1ccc(C(C)O)c(OCc2ccc(O)cc2)c1. The lowest BCUT2D eigenvalue weighted by molar-refractivity contribution is 0.190. The third kappa shape index (κ3) is 3.42. The molecule has 0 spiro atoms. The number of benzene rings is 2. The number of ether oxygens (including phenoxy) is 2. The highest BCUT2D eigenvalue weighted by molar-refractivity contribution is 5.42. The number of phenols is 1. The van der Waals surface area contributed by atoms with Crippen LogP contribution in [0.1, 0.15) is 24.2 Å². The molecule has 2 aromatic carbocycles. The van der Waals surface area contributed by atoms with Gasteiger partial charge in [-0.15, -0.1) is 0 Å². The Labute approximate surface area is 118 Å². The van der Waals surface area contributed by atoms with Crippen molar-refractivity contribution in [3.63, 3.8) is 0 Å². The fourth-order valence-electron chi connectivity index (χ4n) is 1.87. The first-order valence-electron chi connectivity index (χ1n) is 6.37. The maximum absolute atomic E-state index is 9.75. The van der Waals surface area contributed by atoms with Gasteiger partial charge < -0.3 is 19.7 Å². The number of phenolic OH excluding ortho intramolecular Hbond substituents is 1. The molecule has 0 heterocycles. The van der Waals surface area contributed by atoms with Crippen molar-refractivity contribution in [2.45, 2.75) is 19.6 Å². The van der Waals surface area contributed by atoms with Crippen molar-refractivity contribution in [1.29, 1.82) is 0 Å². The molecule has 0 saturated carbocycles. The maximum atomic E-state index is 9.75. The Morgan fingerprint density at radius 2 is 1.80 bits per heavy atom. The van der Waals surface area contributed by atoms with E-state index in [1.807, 2.05) is 0 Å². The van der Waals surface area contributed by atoms with Crippen LogP contribution in [0.25, 0.3) is 0 Å².